The SMILES string of the molecule is CC.CC.CNc1ccccc1C(C)=N. The molecule has 0 radical (unpaired) electrons. The Labute approximate surface area is 94.2 Å². The molecule has 1 rings (SSSR count). The van der Waals surface area contributed by atoms with Gasteiger partial charge in [0.05, 0.1) is 0 Å². The van der Waals surface area contributed by atoms with Gasteiger partial charge in [-0.3, -0.25) is 0 Å². The Morgan fingerprint density at radius 2 is 1.53 bits per heavy atom. The first kappa shape index (κ1) is 16.1. The van der Waals surface area contributed by atoms with Gasteiger partial charge in [0.25, 0.3) is 0 Å². The van der Waals surface area contributed by atoms with Crippen LogP contribution in [0.2, 0.25) is 0 Å². The number of anilines is 1. The fraction of sp³-hybridized carbons (Fsp3) is 0.462. The Morgan fingerprint density at radius 3 is 1.87 bits per heavy atom. The largest absolute Gasteiger partial charge is 0.388 e. The molecule has 1 aromatic rings. The van der Waals surface area contributed by atoms with E-state index in [4.69, 9.17) is 5.41 Å². The van der Waals surface area contributed by atoms with E-state index in [1.165, 1.54) is 0 Å². The molecule has 0 atom stereocenters. The molecule has 0 aromatic heterocycles. The molecule has 0 spiro atoms. The lowest BCUT2D eigenvalue weighted by atomic mass is 10.1. The second kappa shape index (κ2) is 10.8. The summed E-state index contributed by atoms with van der Waals surface area (Å²) in [5.41, 5.74) is 2.57. The summed E-state index contributed by atoms with van der Waals surface area (Å²) in [7, 11) is 1.86. The first-order chi connectivity index (χ1) is 7.25. The number of hydrogen-bond donors (Lipinski definition) is 2. The molecule has 0 aliphatic rings. The number of benzene rings is 1. The third-order valence-electron chi connectivity index (χ3n) is 1.60. The van der Waals surface area contributed by atoms with Gasteiger partial charge >= 0.3 is 0 Å². The van der Waals surface area contributed by atoms with E-state index in [0.717, 1.165) is 11.3 Å². The van der Waals surface area contributed by atoms with Crippen LogP contribution in [0.25, 0.3) is 0 Å². The third-order valence-corrected chi connectivity index (χ3v) is 1.60. The molecule has 2 heteroatoms. The lowest BCUT2D eigenvalue weighted by molar-refractivity contribution is 1.42. The molecule has 0 saturated carbocycles. The monoisotopic (exact) mass is 208 g/mol. The highest BCUT2D eigenvalue weighted by Gasteiger charge is 1.99. The van der Waals surface area contributed by atoms with Crippen molar-refractivity contribution in [1.82, 2.24) is 0 Å². The Kier molecular flexibility index (Phi) is 11.6. The average molecular weight is 208 g/mol. The smallest absolute Gasteiger partial charge is 0.0429 e. The second-order valence-corrected chi connectivity index (χ2v) is 2.42. The van der Waals surface area contributed by atoms with Crippen LogP contribution >= 0.6 is 0 Å². The summed E-state index contributed by atoms with van der Waals surface area (Å²) in [5.74, 6) is 0. The van der Waals surface area contributed by atoms with Crippen molar-refractivity contribution in [2.75, 3.05) is 12.4 Å². The fourth-order valence-corrected chi connectivity index (χ4v) is 1.03. The quantitative estimate of drug-likeness (QED) is 0.703. The van der Waals surface area contributed by atoms with Gasteiger partial charge in [0.2, 0.25) is 0 Å². The second-order valence-electron chi connectivity index (χ2n) is 2.42. The zero-order valence-electron chi connectivity index (χ0n) is 10.8. The van der Waals surface area contributed by atoms with Gasteiger partial charge in [-0.2, -0.15) is 0 Å². The molecule has 1 aromatic carbocycles. The highest BCUT2D eigenvalue weighted by molar-refractivity contribution is 6.01. The van der Waals surface area contributed by atoms with Gasteiger partial charge in [0.15, 0.2) is 0 Å². The molecule has 0 aliphatic heterocycles. The van der Waals surface area contributed by atoms with Crippen LogP contribution < -0.4 is 5.32 Å². The van der Waals surface area contributed by atoms with Crippen molar-refractivity contribution in [3.05, 3.63) is 29.8 Å². The van der Waals surface area contributed by atoms with Crippen LogP contribution in [0.4, 0.5) is 5.69 Å². The Balaban J connectivity index is 0. The summed E-state index contributed by atoms with van der Waals surface area (Å²) in [5, 5.41) is 10.5. The number of para-hydroxylation sites is 1. The molecule has 86 valence electrons. The number of hydrogen-bond acceptors (Lipinski definition) is 2. The molecule has 0 saturated heterocycles. The minimum Gasteiger partial charge on any atom is -0.388 e. The van der Waals surface area contributed by atoms with E-state index >= 15 is 0 Å². The van der Waals surface area contributed by atoms with Crippen LogP contribution in [-0.2, 0) is 0 Å². The average Bonchev–Trinajstić information content (AvgIpc) is 2.34. The van der Waals surface area contributed by atoms with Crippen molar-refractivity contribution in [1.29, 1.82) is 5.41 Å². The first-order valence-corrected chi connectivity index (χ1v) is 5.58. The van der Waals surface area contributed by atoms with Crippen LogP contribution in [0.3, 0.4) is 0 Å². The zero-order valence-corrected chi connectivity index (χ0v) is 10.8. The van der Waals surface area contributed by atoms with Gasteiger partial charge in [-0.05, 0) is 13.0 Å². The van der Waals surface area contributed by atoms with Crippen LogP contribution in [-0.4, -0.2) is 12.8 Å². The Bertz CT molecular complexity index is 267. The molecular weight excluding hydrogens is 184 g/mol. The highest BCUT2D eigenvalue weighted by atomic mass is 14.8. The maximum absolute atomic E-state index is 7.44. The topological polar surface area (TPSA) is 35.9 Å². The fourth-order valence-electron chi connectivity index (χ4n) is 1.03. The minimum atomic E-state index is 0.593. The van der Waals surface area contributed by atoms with Gasteiger partial charge < -0.3 is 10.7 Å². The van der Waals surface area contributed by atoms with Gasteiger partial charge in [0, 0.05) is 24.0 Å². The lowest BCUT2D eigenvalue weighted by Gasteiger charge is -2.05. The van der Waals surface area contributed by atoms with Crippen molar-refractivity contribution in [3.63, 3.8) is 0 Å². The zero-order chi connectivity index (χ0) is 12.3. The van der Waals surface area contributed by atoms with Crippen molar-refractivity contribution in [2.24, 2.45) is 0 Å². The molecular formula is C13H24N2. The predicted molar refractivity (Wildman–Crippen MR) is 71.2 cm³/mol. The molecule has 0 unspecified atom stereocenters. The predicted octanol–water partition coefficient (Wildman–Crippen LogP) is 4.17. The summed E-state index contributed by atoms with van der Waals surface area (Å²) < 4.78 is 0. The molecule has 2 nitrogen and oxygen atoms in total. The van der Waals surface area contributed by atoms with E-state index in [0.29, 0.717) is 5.71 Å². The van der Waals surface area contributed by atoms with E-state index in [1.54, 1.807) is 6.92 Å². The molecule has 0 bridgehead atoms. The van der Waals surface area contributed by atoms with Crippen molar-refractivity contribution in [2.45, 2.75) is 34.6 Å². The van der Waals surface area contributed by atoms with E-state index in [2.05, 4.69) is 5.32 Å². The van der Waals surface area contributed by atoms with E-state index in [-0.39, 0.29) is 0 Å². The van der Waals surface area contributed by atoms with Gasteiger partial charge in [-0.1, -0.05) is 45.9 Å². The van der Waals surface area contributed by atoms with Crippen molar-refractivity contribution in [3.8, 4) is 0 Å². The van der Waals surface area contributed by atoms with E-state index in [1.807, 2.05) is 59.0 Å². The standard InChI is InChI=1S/C9H12N2.2C2H6/c1-7(10)8-5-3-4-6-9(8)11-2;2*1-2/h3-6,10-11H,1-2H3;2*1-2H3. The summed E-state index contributed by atoms with van der Waals surface area (Å²) in [4.78, 5) is 0. The summed E-state index contributed by atoms with van der Waals surface area (Å²) >= 11 is 0. The van der Waals surface area contributed by atoms with Crippen LogP contribution in [0.15, 0.2) is 24.3 Å². The summed E-state index contributed by atoms with van der Waals surface area (Å²) in [6.45, 7) is 9.79. The van der Waals surface area contributed by atoms with Gasteiger partial charge in [-0.25, -0.2) is 0 Å². The molecule has 0 amide bonds. The van der Waals surface area contributed by atoms with Gasteiger partial charge in [0.1, 0.15) is 0 Å². The minimum absolute atomic E-state index is 0.593. The summed E-state index contributed by atoms with van der Waals surface area (Å²) in [6, 6.07) is 7.80. The maximum atomic E-state index is 7.44. The van der Waals surface area contributed by atoms with E-state index in [9.17, 15) is 0 Å². The molecule has 0 aliphatic carbocycles. The maximum Gasteiger partial charge on any atom is 0.0429 e. The first-order valence-electron chi connectivity index (χ1n) is 5.58. The molecule has 0 heterocycles. The van der Waals surface area contributed by atoms with Crippen molar-refractivity contribution < 1.29 is 0 Å². The Morgan fingerprint density at radius 1 is 1.07 bits per heavy atom. The molecule has 2 N–H and O–H groups in total. The van der Waals surface area contributed by atoms with Crippen LogP contribution in [0.5, 0.6) is 0 Å². The number of nitrogens with one attached hydrogen (secondary N) is 2. The van der Waals surface area contributed by atoms with Gasteiger partial charge in [-0.15, -0.1) is 0 Å². The van der Waals surface area contributed by atoms with Crippen molar-refractivity contribution >= 4 is 11.4 Å². The van der Waals surface area contributed by atoms with Crippen LogP contribution in [0, 0.1) is 5.41 Å². The Hall–Kier alpha value is -1.31. The normalized spacial score (nSPS) is 7.60. The lowest BCUT2D eigenvalue weighted by Crippen LogP contribution is -1.98. The highest BCUT2D eigenvalue weighted by Crippen LogP contribution is 2.13. The summed E-state index contributed by atoms with van der Waals surface area (Å²) in [6.07, 6.45) is 0. The molecule has 0 fully saturated rings. The van der Waals surface area contributed by atoms with Crippen LogP contribution in [0.1, 0.15) is 40.2 Å². The number of rotatable bonds is 2. The van der Waals surface area contributed by atoms with E-state index < -0.39 is 0 Å². The molecule has 15 heavy (non-hydrogen) atoms. The third kappa shape index (κ3) is 5.89.